The SMILES string of the molecule is C[S+](C)C(CCN)C(=O)O. The summed E-state index contributed by atoms with van der Waals surface area (Å²) in [5, 5.41) is 8.38. The standard InChI is InChI=1S/C6H13NO2S/c1-10(2)5(3-4-7)6(8)9/h5H,3-4,7H2,1-2H3/p+1. The number of hydrogen-bond acceptors (Lipinski definition) is 2. The van der Waals surface area contributed by atoms with Gasteiger partial charge in [0.1, 0.15) is 0 Å². The third-order valence-electron chi connectivity index (χ3n) is 1.27. The first-order valence-electron chi connectivity index (χ1n) is 3.09. The highest BCUT2D eigenvalue weighted by atomic mass is 32.2. The van der Waals surface area contributed by atoms with Crippen molar-refractivity contribution in [1.82, 2.24) is 0 Å². The highest BCUT2D eigenvalue weighted by molar-refractivity contribution is 7.96. The minimum atomic E-state index is -0.723. The Morgan fingerprint density at radius 1 is 1.70 bits per heavy atom. The molecule has 10 heavy (non-hydrogen) atoms. The number of carbonyl (C=O) groups is 1. The van der Waals surface area contributed by atoms with Crippen LogP contribution in [0.1, 0.15) is 6.42 Å². The number of carboxylic acids is 1. The Hall–Kier alpha value is -0.220. The molecule has 0 radical (unpaired) electrons. The summed E-state index contributed by atoms with van der Waals surface area (Å²) in [6.45, 7) is 0.460. The van der Waals surface area contributed by atoms with Crippen LogP contribution < -0.4 is 5.73 Å². The van der Waals surface area contributed by atoms with Crippen LogP contribution in [0.4, 0.5) is 0 Å². The van der Waals surface area contributed by atoms with Crippen LogP contribution in [0.2, 0.25) is 0 Å². The minimum Gasteiger partial charge on any atom is -0.478 e. The van der Waals surface area contributed by atoms with Gasteiger partial charge in [0.2, 0.25) is 5.25 Å². The van der Waals surface area contributed by atoms with Crippen molar-refractivity contribution >= 4 is 16.9 Å². The van der Waals surface area contributed by atoms with Gasteiger partial charge in [-0.25, -0.2) is 4.79 Å². The molecule has 0 aromatic carbocycles. The fraction of sp³-hybridized carbons (Fsp3) is 0.833. The Morgan fingerprint density at radius 3 is 2.30 bits per heavy atom. The van der Waals surface area contributed by atoms with Gasteiger partial charge in [-0.3, -0.25) is 0 Å². The first-order chi connectivity index (χ1) is 4.59. The lowest BCUT2D eigenvalue weighted by atomic mass is 10.3. The molecule has 0 saturated carbocycles. The number of nitrogens with two attached hydrogens (primary N) is 1. The minimum absolute atomic E-state index is 0.0629. The Balaban J connectivity index is 3.85. The van der Waals surface area contributed by atoms with Gasteiger partial charge in [0.15, 0.2) is 0 Å². The van der Waals surface area contributed by atoms with Gasteiger partial charge in [-0.05, 0) is 17.4 Å². The van der Waals surface area contributed by atoms with Gasteiger partial charge in [0.25, 0.3) is 0 Å². The van der Waals surface area contributed by atoms with Gasteiger partial charge < -0.3 is 10.8 Å². The average Bonchev–Trinajstić information content (AvgIpc) is 1.81. The molecule has 0 aromatic heterocycles. The number of hydrogen-bond donors (Lipinski definition) is 2. The van der Waals surface area contributed by atoms with E-state index in [1.54, 1.807) is 0 Å². The second kappa shape index (κ2) is 4.57. The lowest BCUT2D eigenvalue weighted by Crippen LogP contribution is -2.30. The van der Waals surface area contributed by atoms with Crippen molar-refractivity contribution in [3.63, 3.8) is 0 Å². The van der Waals surface area contributed by atoms with Gasteiger partial charge in [-0.2, -0.15) is 0 Å². The molecule has 0 spiro atoms. The zero-order valence-corrected chi connectivity index (χ0v) is 7.15. The van der Waals surface area contributed by atoms with E-state index in [2.05, 4.69) is 0 Å². The molecule has 0 amide bonds. The molecule has 1 unspecified atom stereocenters. The zero-order chi connectivity index (χ0) is 8.15. The third kappa shape index (κ3) is 3.08. The summed E-state index contributed by atoms with van der Waals surface area (Å²) >= 11 is 0. The zero-order valence-electron chi connectivity index (χ0n) is 6.33. The first kappa shape index (κ1) is 9.78. The largest absolute Gasteiger partial charge is 0.478 e. The predicted molar refractivity (Wildman–Crippen MR) is 44.3 cm³/mol. The second-order valence-electron chi connectivity index (χ2n) is 2.28. The van der Waals surface area contributed by atoms with Gasteiger partial charge in [0.05, 0.1) is 12.5 Å². The van der Waals surface area contributed by atoms with Crippen LogP contribution in [-0.2, 0) is 15.7 Å². The average molecular weight is 164 g/mol. The molecule has 4 heteroatoms. The number of carboxylic acid groups (broad SMARTS) is 1. The second-order valence-corrected chi connectivity index (χ2v) is 4.61. The van der Waals surface area contributed by atoms with E-state index in [0.29, 0.717) is 13.0 Å². The lowest BCUT2D eigenvalue weighted by molar-refractivity contribution is -0.136. The van der Waals surface area contributed by atoms with Crippen molar-refractivity contribution in [2.75, 3.05) is 19.1 Å². The molecular formula is C6H14NO2S+. The fourth-order valence-corrected chi connectivity index (χ4v) is 1.72. The van der Waals surface area contributed by atoms with Crippen molar-refractivity contribution in [2.24, 2.45) is 5.73 Å². The van der Waals surface area contributed by atoms with Crippen LogP contribution in [0.15, 0.2) is 0 Å². The molecule has 0 aliphatic rings. The Labute approximate surface area is 64.0 Å². The predicted octanol–water partition coefficient (Wildman–Crippen LogP) is -0.334. The van der Waals surface area contributed by atoms with Crippen molar-refractivity contribution in [1.29, 1.82) is 0 Å². The van der Waals surface area contributed by atoms with E-state index >= 15 is 0 Å². The molecule has 0 aliphatic heterocycles. The molecule has 60 valence electrons. The van der Waals surface area contributed by atoms with Crippen molar-refractivity contribution in [3.8, 4) is 0 Å². The molecule has 1 atom stereocenters. The summed E-state index contributed by atoms with van der Waals surface area (Å²) in [4.78, 5) is 10.5. The van der Waals surface area contributed by atoms with E-state index < -0.39 is 5.97 Å². The van der Waals surface area contributed by atoms with Crippen molar-refractivity contribution < 1.29 is 9.90 Å². The smallest absolute Gasteiger partial charge is 0.357 e. The molecule has 3 nitrogen and oxygen atoms in total. The van der Waals surface area contributed by atoms with Gasteiger partial charge in [0, 0.05) is 6.42 Å². The molecule has 0 heterocycles. The maximum atomic E-state index is 10.5. The van der Waals surface area contributed by atoms with Gasteiger partial charge >= 0.3 is 5.97 Å². The van der Waals surface area contributed by atoms with E-state index in [1.165, 1.54) is 0 Å². The Morgan fingerprint density at radius 2 is 2.20 bits per heavy atom. The molecule has 0 fully saturated rings. The van der Waals surface area contributed by atoms with Crippen LogP contribution in [0.5, 0.6) is 0 Å². The summed E-state index contributed by atoms with van der Waals surface area (Å²) in [5.41, 5.74) is 5.25. The summed E-state index contributed by atoms with van der Waals surface area (Å²) in [5.74, 6) is -0.723. The van der Waals surface area contributed by atoms with Crippen LogP contribution in [0.3, 0.4) is 0 Å². The maximum absolute atomic E-state index is 10.5. The molecule has 0 bridgehead atoms. The van der Waals surface area contributed by atoms with Gasteiger partial charge in [-0.1, -0.05) is 0 Å². The van der Waals surface area contributed by atoms with Crippen molar-refractivity contribution in [2.45, 2.75) is 11.7 Å². The highest BCUT2D eigenvalue weighted by Crippen LogP contribution is 2.03. The molecule has 0 aromatic rings. The maximum Gasteiger partial charge on any atom is 0.357 e. The molecule has 0 aliphatic carbocycles. The van der Waals surface area contributed by atoms with E-state index in [-0.39, 0.29) is 16.1 Å². The van der Waals surface area contributed by atoms with E-state index in [1.807, 2.05) is 12.5 Å². The molecule has 3 N–H and O–H groups in total. The van der Waals surface area contributed by atoms with Gasteiger partial charge in [-0.15, -0.1) is 0 Å². The Bertz CT molecular complexity index is 116. The summed E-state index contributed by atoms with van der Waals surface area (Å²) in [6, 6.07) is 0. The van der Waals surface area contributed by atoms with E-state index in [0.717, 1.165) is 0 Å². The number of aliphatic carboxylic acids is 1. The summed E-state index contributed by atoms with van der Waals surface area (Å²) < 4.78 is 0. The fourth-order valence-electron chi connectivity index (χ4n) is 0.712. The molecular weight excluding hydrogens is 150 g/mol. The first-order valence-corrected chi connectivity index (χ1v) is 5.19. The molecule has 0 rings (SSSR count). The normalized spacial score (nSPS) is 13.6. The quantitative estimate of drug-likeness (QED) is 0.559. The van der Waals surface area contributed by atoms with Crippen LogP contribution in [0, 0.1) is 0 Å². The van der Waals surface area contributed by atoms with Crippen LogP contribution in [0.25, 0.3) is 0 Å². The third-order valence-corrected chi connectivity index (χ3v) is 2.85. The lowest BCUT2D eigenvalue weighted by Gasteiger charge is -2.06. The monoisotopic (exact) mass is 164 g/mol. The van der Waals surface area contributed by atoms with Crippen molar-refractivity contribution in [3.05, 3.63) is 0 Å². The molecule has 0 saturated heterocycles. The summed E-state index contributed by atoms with van der Waals surface area (Å²) in [6.07, 6.45) is 4.44. The van der Waals surface area contributed by atoms with Crippen LogP contribution >= 0.6 is 0 Å². The topological polar surface area (TPSA) is 63.3 Å². The van der Waals surface area contributed by atoms with E-state index in [4.69, 9.17) is 10.8 Å². The number of rotatable bonds is 4. The van der Waals surface area contributed by atoms with E-state index in [9.17, 15) is 4.79 Å². The van der Waals surface area contributed by atoms with Crippen LogP contribution in [-0.4, -0.2) is 35.4 Å². The Kier molecular flexibility index (Phi) is 4.47. The summed E-state index contributed by atoms with van der Waals surface area (Å²) in [7, 11) is -0.0629. The highest BCUT2D eigenvalue weighted by Gasteiger charge is 2.28.